The summed E-state index contributed by atoms with van der Waals surface area (Å²) in [5.74, 6) is 0.163. The molecule has 2 rings (SSSR count). The van der Waals surface area contributed by atoms with E-state index in [-0.39, 0.29) is 17.5 Å². The van der Waals surface area contributed by atoms with Crippen molar-refractivity contribution in [1.82, 2.24) is 9.88 Å². The number of carbonyl (C=O) groups excluding carboxylic acids is 1. The van der Waals surface area contributed by atoms with Gasteiger partial charge in [0.25, 0.3) is 0 Å². The number of amides is 1. The first-order valence-electron chi connectivity index (χ1n) is 6.99. The van der Waals surface area contributed by atoms with Crippen molar-refractivity contribution in [3.8, 4) is 5.75 Å². The van der Waals surface area contributed by atoms with E-state index >= 15 is 0 Å². The fourth-order valence-corrected chi connectivity index (χ4v) is 2.11. The Morgan fingerprint density at radius 2 is 2.23 bits per heavy atom. The standard InChI is InChI=1S/C14H19N3O5/c1-14(2,3)22-13(18)16-7-5-10(9-16)21-12-4-6-15-8-11(12)17(19)20/h4,6,8,10H,5,7,9H2,1-3H3/t10-/m0/s1. The zero-order valence-corrected chi connectivity index (χ0v) is 12.8. The van der Waals surface area contributed by atoms with Gasteiger partial charge in [0.15, 0.2) is 0 Å². The Hall–Kier alpha value is -2.38. The molecule has 22 heavy (non-hydrogen) atoms. The first-order chi connectivity index (χ1) is 10.3. The fraction of sp³-hybridized carbons (Fsp3) is 0.571. The lowest BCUT2D eigenvalue weighted by molar-refractivity contribution is -0.386. The minimum Gasteiger partial charge on any atom is -0.481 e. The highest BCUT2D eigenvalue weighted by atomic mass is 16.6. The molecular formula is C14H19N3O5. The van der Waals surface area contributed by atoms with Crippen molar-refractivity contribution in [1.29, 1.82) is 0 Å². The predicted molar refractivity (Wildman–Crippen MR) is 77.7 cm³/mol. The van der Waals surface area contributed by atoms with Gasteiger partial charge in [0.2, 0.25) is 5.75 Å². The van der Waals surface area contributed by atoms with Crippen LogP contribution in [0.2, 0.25) is 0 Å². The molecule has 1 amide bonds. The highest BCUT2D eigenvalue weighted by Gasteiger charge is 2.32. The molecule has 0 bridgehead atoms. The Morgan fingerprint density at radius 3 is 2.86 bits per heavy atom. The summed E-state index contributed by atoms with van der Waals surface area (Å²) in [6.45, 7) is 6.24. The summed E-state index contributed by atoms with van der Waals surface area (Å²) < 4.78 is 10.9. The van der Waals surface area contributed by atoms with Crippen molar-refractivity contribution >= 4 is 11.8 Å². The molecule has 120 valence electrons. The van der Waals surface area contributed by atoms with Crippen LogP contribution < -0.4 is 4.74 Å². The number of likely N-dealkylation sites (tertiary alicyclic amines) is 1. The molecule has 0 N–H and O–H groups in total. The number of nitrogens with zero attached hydrogens (tertiary/aromatic N) is 3. The van der Waals surface area contributed by atoms with Crippen molar-refractivity contribution in [2.45, 2.75) is 38.9 Å². The van der Waals surface area contributed by atoms with Gasteiger partial charge in [-0.25, -0.2) is 4.79 Å². The van der Waals surface area contributed by atoms with Gasteiger partial charge in [-0.1, -0.05) is 0 Å². The Kier molecular flexibility index (Phi) is 4.48. The molecule has 8 heteroatoms. The molecule has 1 atom stereocenters. The summed E-state index contributed by atoms with van der Waals surface area (Å²) in [5, 5.41) is 10.9. The topological polar surface area (TPSA) is 94.8 Å². The molecule has 0 aromatic carbocycles. The van der Waals surface area contributed by atoms with Crippen molar-refractivity contribution in [2.75, 3.05) is 13.1 Å². The second-order valence-corrected chi connectivity index (χ2v) is 6.06. The largest absolute Gasteiger partial charge is 0.481 e. The summed E-state index contributed by atoms with van der Waals surface area (Å²) >= 11 is 0. The molecule has 0 aliphatic carbocycles. The molecule has 1 aliphatic rings. The molecule has 0 unspecified atom stereocenters. The molecule has 0 radical (unpaired) electrons. The van der Waals surface area contributed by atoms with E-state index in [1.54, 1.807) is 25.7 Å². The average molecular weight is 309 g/mol. The first kappa shape index (κ1) is 16.0. The van der Waals surface area contributed by atoms with E-state index < -0.39 is 16.6 Å². The number of ether oxygens (including phenoxy) is 2. The predicted octanol–water partition coefficient (Wildman–Crippen LogP) is 2.38. The minimum absolute atomic E-state index is 0.163. The van der Waals surface area contributed by atoms with Crippen LogP contribution in [0.15, 0.2) is 18.5 Å². The highest BCUT2D eigenvalue weighted by Crippen LogP contribution is 2.28. The van der Waals surface area contributed by atoms with Gasteiger partial charge in [-0.3, -0.25) is 15.1 Å². The number of nitro groups is 1. The molecule has 1 aromatic heterocycles. The van der Waals surface area contributed by atoms with Crippen molar-refractivity contribution in [3.63, 3.8) is 0 Å². The second kappa shape index (κ2) is 6.17. The van der Waals surface area contributed by atoms with Gasteiger partial charge in [-0.15, -0.1) is 0 Å². The van der Waals surface area contributed by atoms with Gasteiger partial charge in [0.05, 0.1) is 11.5 Å². The molecule has 1 aromatic rings. The van der Waals surface area contributed by atoms with E-state index in [0.29, 0.717) is 19.5 Å². The highest BCUT2D eigenvalue weighted by molar-refractivity contribution is 5.68. The van der Waals surface area contributed by atoms with Crippen LogP contribution in [-0.2, 0) is 4.74 Å². The summed E-state index contributed by atoms with van der Waals surface area (Å²) in [6.07, 6.45) is 2.48. The van der Waals surface area contributed by atoms with Crippen LogP contribution in [0, 0.1) is 10.1 Å². The van der Waals surface area contributed by atoms with Crippen LogP contribution in [0.1, 0.15) is 27.2 Å². The fourth-order valence-electron chi connectivity index (χ4n) is 2.11. The first-order valence-corrected chi connectivity index (χ1v) is 6.99. The number of rotatable bonds is 3. The normalized spacial score (nSPS) is 18.1. The Balaban J connectivity index is 1.97. The molecule has 1 aliphatic heterocycles. The van der Waals surface area contributed by atoms with E-state index in [9.17, 15) is 14.9 Å². The molecule has 0 saturated carbocycles. The van der Waals surface area contributed by atoms with Crippen LogP contribution in [-0.4, -0.2) is 45.7 Å². The van der Waals surface area contributed by atoms with Crippen LogP contribution in [0.5, 0.6) is 5.75 Å². The summed E-state index contributed by atoms with van der Waals surface area (Å²) in [4.78, 5) is 27.6. The molecule has 8 nitrogen and oxygen atoms in total. The van der Waals surface area contributed by atoms with Crippen LogP contribution >= 0.6 is 0 Å². The maximum Gasteiger partial charge on any atom is 0.410 e. The number of hydrogen-bond donors (Lipinski definition) is 0. The monoisotopic (exact) mass is 309 g/mol. The molecular weight excluding hydrogens is 290 g/mol. The summed E-state index contributed by atoms with van der Waals surface area (Å²) in [5.41, 5.74) is -0.738. The van der Waals surface area contributed by atoms with E-state index in [1.807, 2.05) is 0 Å². The quantitative estimate of drug-likeness (QED) is 0.628. The van der Waals surface area contributed by atoms with Crippen LogP contribution in [0.25, 0.3) is 0 Å². The lowest BCUT2D eigenvalue weighted by atomic mass is 10.2. The zero-order valence-electron chi connectivity index (χ0n) is 12.8. The van der Waals surface area contributed by atoms with Gasteiger partial charge >= 0.3 is 11.8 Å². The maximum atomic E-state index is 12.0. The smallest absolute Gasteiger partial charge is 0.410 e. The lowest BCUT2D eigenvalue weighted by Gasteiger charge is -2.24. The number of pyridine rings is 1. The van der Waals surface area contributed by atoms with Gasteiger partial charge < -0.3 is 14.4 Å². The van der Waals surface area contributed by atoms with Crippen LogP contribution in [0.4, 0.5) is 10.5 Å². The number of carbonyl (C=O) groups is 1. The third-order valence-corrected chi connectivity index (χ3v) is 3.05. The third kappa shape index (κ3) is 4.06. The van der Waals surface area contributed by atoms with Gasteiger partial charge in [-0.2, -0.15) is 0 Å². The Morgan fingerprint density at radius 1 is 1.50 bits per heavy atom. The van der Waals surface area contributed by atoms with E-state index in [1.165, 1.54) is 12.3 Å². The van der Waals surface area contributed by atoms with Crippen molar-refractivity contribution in [2.24, 2.45) is 0 Å². The maximum absolute atomic E-state index is 12.0. The van der Waals surface area contributed by atoms with Gasteiger partial charge in [-0.05, 0) is 20.8 Å². The Bertz CT molecular complexity index is 570. The average Bonchev–Trinajstić information content (AvgIpc) is 2.86. The van der Waals surface area contributed by atoms with Crippen molar-refractivity contribution in [3.05, 3.63) is 28.6 Å². The summed E-state index contributed by atoms with van der Waals surface area (Å²) in [6, 6.07) is 1.45. The number of aromatic nitrogens is 1. The number of hydrogen-bond acceptors (Lipinski definition) is 6. The molecule has 1 fully saturated rings. The SMILES string of the molecule is CC(C)(C)OC(=O)N1CC[C@H](Oc2ccncc2[N+](=O)[O-])C1. The molecule has 2 heterocycles. The van der Waals surface area contributed by atoms with Gasteiger partial charge in [0.1, 0.15) is 17.9 Å². The molecule has 0 spiro atoms. The lowest BCUT2D eigenvalue weighted by Crippen LogP contribution is -2.36. The Labute approximate surface area is 128 Å². The van der Waals surface area contributed by atoms with E-state index in [2.05, 4.69) is 4.98 Å². The summed E-state index contributed by atoms with van der Waals surface area (Å²) in [7, 11) is 0. The van der Waals surface area contributed by atoms with Crippen molar-refractivity contribution < 1.29 is 19.2 Å². The molecule has 1 saturated heterocycles. The van der Waals surface area contributed by atoms with Gasteiger partial charge in [0, 0.05) is 25.2 Å². The van der Waals surface area contributed by atoms with E-state index in [0.717, 1.165) is 6.20 Å². The third-order valence-electron chi connectivity index (χ3n) is 3.05. The minimum atomic E-state index is -0.556. The van der Waals surface area contributed by atoms with E-state index in [4.69, 9.17) is 9.47 Å². The second-order valence-electron chi connectivity index (χ2n) is 6.06. The van der Waals surface area contributed by atoms with Crippen LogP contribution in [0.3, 0.4) is 0 Å². The zero-order chi connectivity index (χ0) is 16.3.